The molecule has 2 aromatic rings. The first-order chi connectivity index (χ1) is 10.7. The van der Waals surface area contributed by atoms with Crippen LogP contribution in [0.2, 0.25) is 0 Å². The second kappa shape index (κ2) is 6.98. The van der Waals surface area contributed by atoms with Gasteiger partial charge in [0.05, 0.1) is 9.79 Å². The van der Waals surface area contributed by atoms with Gasteiger partial charge < -0.3 is 0 Å². The summed E-state index contributed by atoms with van der Waals surface area (Å²) in [5.74, 6) is 0. The molecule has 0 heterocycles. The van der Waals surface area contributed by atoms with Crippen LogP contribution in [0.25, 0.3) is 10.8 Å². The Hall–Kier alpha value is -0.970. The van der Waals surface area contributed by atoms with Crippen molar-refractivity contribution in [2.24, 2.45) is 5.18 Å². The zero-order valence-corrected chi connectivity index (χ0v) is 13.6. The number of nitroso groups, excluding NO2 is 1. The normalized spacial score (nSPS) is 12.6. The summed E-state index contributed by atoms with van der Waals surface area (Å²) >= 11 is 0. The Morgan fingerprint density at radius 2 is 1.16 bits per heavy atom. The quantitative estimate of drug-likeness (QED) is 0.352. The third-order valence-corrected chi connectivity index (χ3v) is 5.45. The zero-order chi connectivity index (χ0) is 18.5. The van der Waals surface area contributed by atoms with Gasteiger partial charge in [0.1, 0.15) is 10.6 Å². The summed E-state index contributed by atoms with van der Waals surface area (Å²) in [7, 11) is -14.9. The molecule has 0 aliphatic heterocycles. The molecule has 0 radical (unpaired) electrons. The van der Waals surface area contributed by atoms with Crippen molar-refractivity contribution in [3.8, 4) is 0 Å². The molecule has 25 heavy (non-hydrogen) atoms. The average Bonchev–Trinajstić information content (AvgIpc) is 2.41. The maximum absolute atomic E-state index is 11.4. The van der Waals surface area contributed by atoms with Crippen LogP contribution >= 0.6 is 0 Å². The van der Waals surface area contributed by atoms with Crippen molar-refractivity contribution in [2.45, 2.75) is 14.7 Å². The van der Waals surface area contributed by atoms with Gasteiger partial charge in [-0.25, -0.2) is 0 Å². The van der Waals surface area contributed by atoms with Crippen molar-refractivity contribution >= 4 is 76.4 Å². The van der Waals surface area contributed by atoms with Gasteiger partial charge in [0, 0.05) is 5.39 Å². The summed E-state index contributed by atoms with van der Waals surface area (Å²) in [6.07, 6.45) is 0. The summed E-state index contributed by atoms with van der Waals surface area (Å²) < 4.78 is 95.0. The van der Waals surface area contributed by atoms with Crippen molar-refractivity contribution < 1.29 is 38.9 Å². The Morgan fingerprint density at radius 1 is 0.720 bits per heavy atom. The molecule has 0 fully saturated rings. The van der Waals surface area contributed by atoms with E-state index in [4.69, 9.17) is 9.11 Å². The van der Waals surface area contributed by atoms with E-state index in [1.807, 2.05) is 0 Å². The fourth-order valence-electron chi connectivity index (χ4n) is 1.97. The van der Waals surface area contributed by atoms with Gasteiger partial charge in [0.2, 0.25) is 0 Å². The average molecular weight is 421 g/mol. The summed E-state index contributed by atoms with van der Waals surface area (Å²) in [6.45, 7) is 0. The van der Waals surface area contributed by atoms with Gasteiger partial charge in [-0.1, -0.05) is 0 Å². The predicted molar refractivity (Wildman–Crippen MR) is 86.0 cm³/mol. The molecule has 2 rings (SSSR count). The Bertz CT molecular complexity index is 1180. The molecule has 3 N–H and O–H groups in total. The fourth-order valence-corrected chi connectivity index (χ4v) is 3.88. The van der Waals surface area contributed by atoms with Crippen molar-refractivity contribution in [3.63, 3.8) is 0 Å². The molecule has 132 valence electrons. The molecule has 0 amide bonds. The van der Waals surface area contributed by atoms with E-state index in [0.717, 1.165) is 0 Å². The molecule has 15 heteroatoms. The van der Waals surface area contributed by atoms with E-state index >= 15 is 0 Å². The molecule has 11 nitrogen and oxygen atoms in total. The molecule has 0 spiro atoms. The van der Waals surface area contributed by atoms with Gasteiger partial charge >= 0.3 is 29.6 Å². The van der Waals surface area contributed by atoms with Gasteiger partial charge in [0.25, 0.3) is 30.4 Å². The van der Waals surface area contributed by atoms with Gasteiger partial charge in [-0.05, 0) is 34.8 Å². The van der Waals surface area contributed by atoms with Crippen LogP contribution in [-0.4, -0.2) is 68.5 Å². The number of fused-ring (bicyclic) bond motifs is 1. The fraction of sp³-hybridized carbons (Fsp3) is 0. The summed E-state index contributed by atoms with van der Waals surface area (Å²) in [6, 6.07) is 2.19. The third-order valence-electron chi connectivity index (χ3n) is 2.91. The van der Waals surface area contributed by atoms with E-state index < -0.39 is 61.5 Å². The number of rotatable bonds is 4. The first kappa shape index (κ1) is 22.1. The second-order valence-corrected chi connectivity index (χ2v) is 8.71. The molecule has 0 aromatic heterocycles. The molecule has 0 bridgehead atoms. The molecule has 0 saturated carbocycles. The minimum absolute atomic E-state index is 0. The van der Waals surface area contributed by atoms with Crippen molar-refractivity contribution in [1.82, 2.24) is 0 Å². The van der Waals surface area contributed by atoms with E-state index in [2.05, 4.69) is 5.18 Å². The van der Waals surface area contributed by atoms with E-state index in [1.165, 1.54) is 0 Å². The van der Waals surface area contributed by atoms with Crippen LogP contribution in [0.1, 0.15) is 0 Å². The molecule has 0 aliphatic rings. The Labute approximate surface area is 163 Å². The monoisotopic (exact) mass is 421 g/mol. The molecule has 0 atom stereocenters. The first-order valence-electron chi connectivity index (χ1n) is 5.63. The molecule has 0 unspecified atom stereocenters. The van der Waals surface area contributed by atoms with Gasteiger partial charge in [0.15, 0.2) is 0 Å². The number of nitrogens with zero attached hydrogens (tertiary/aromatic N) is 1. The number of hydrogen-bond donors (Lipinski definition) is 3. The van der Waals surface area contributed by atoms with Crippen LogP contribution in [-0.2, 0) is 30.4 Å². The summed E-state index contributed by atoms with van der Waals surface area (Å²) in [5.41, 5.74) is -0.797. The van der Waals surface area contributed by atoms with E-state index in [0.29, 0.717) is 24.3 Å². The third kappa shape index (κ3) is 4.60. The Kier molecular flexibility index (Phi) is 6.16. The zero-order valence-electron chi connectivity index (χ0n) is 11.2. The van der Waals surface area contributed by atoms with Gasteiger partial charge in [-0.15, -0.1) is 4.91 Å². The standard InChI is InChI=1S/C10H7NO10S3.Na.H/c12-11-8-3-6(22(13,14)15)1-5-2-7(23(16,17)18)4-9(10(5)8)24(19,20)21;;/h1-4H,(H,13,14,15)(H,16,17,18)(H,19,20,21);;. The van der Waals surface area contributed by atoms with E-state index in [9.17, 15) is 34.7 Å². The molecular weight excluding hydrogens is 413 g/mol. The SMILES string of the molecule is O=Nc1cc(S(=O)(=O)O)cc2cc(S(=O)(=O)O)cc(S(=O)(=O)O)c12.[NaH]. The minimum atomic E-state index is -5.08. The van der Waals surface area contributed by atoms with Crippen LogP contribution in [0.3, 0.4) is 0 Å². The molecular formula is C10H8NNaO10S3. The van der Waals surface area contributed by atoms with Crippen LogP contribution in [0.4, 0.5) is 5.69 Å². The Balaban J connectivity index is 0.00000312. The van der Waals surface area contributed by atoms with E-state index in [1.54, 1.807) is 0 Å². The number of hydrogen-bond acceptors (Lipinski definition) is 8. The predicted octanol–water partition coefficient (Wildman–Crippen LogP) is 0.329. The van der Waals surface area contributed by atoms with Crippen LogP contribution < -0.4 is 0 Å². The molecule has 0 aliphatic carbocycles. The van der Waals surface area contributed by atoms with Crippen molar-refractivity contribution in [2.75, 3.05) is 0 Å². The summed E-state index contributed by atoms with van der Waals surface area (Å²) in [4.78, 5) is 7.93. The van der Waals surface area contributed by atoms with Crippen LogP contribution in [0, 0.1) is 4.91 Å². The van der Waals surface area contributed by atoms with E-state index in [-0.39, 0.29) is 29.6 Å². The number of benzene rings is 2. The van der Waals surface area contributed by atoms with Gasteiger partial charge in [-0.3, -0.25) is 13.7 Å². The van der Waals surface area contributed by atoms with Crippen molar-refractivity contribution in [1.29, 1.82) is 0 Å². The Morgan fingerprint density at radius 3 is 1.52 bits per heavy atom. The molecule has 2 aromatic carbocycles. The van der Waals surface area contributed by atoms with Crippen LogP contribution in [0.5, 0.6) is 0 Å². The second-order valence-electron chi connectivity index (χ2n) is 4.48. The maximum atomic E-state index is 11.4. The van der Waals surface area contributed by atoms with Crippen LogP contribution in [0.15, 0.2) is 44.1 Å². The summed E-state index contributed by atoms with van der Waals surface area (Å²) in [5, 5.41) is 1.34. The molecule has 0 saturated heterocycles. The van der Waals surface area contributed by atoms with Gasteiger partial charge in [-0.2, -0.15) is 25.3 Å². The first-order valence-corrected chi connectivity index (χ1v) is 9.95. The topological polar surface area (TPSA) is 193 Å². The van der Waals surface area contributed by atoms with Crippen molar-refractivity contribution in [3.05, 3.63) is 29.2 Å².